The fourth-order valence-electron chi connectivity index (χ4n) is 2.39. The molecule has 0 fully saturated rings. The predicted molar refractivity (Wildman–Crippen MR) is 86.5 cm³/mol. The van der Waals surface area contributed by atoms with Gasteiger partial charge in [-0.05, 0) is 31.5 Å². The summed E-state index contributed by atoms with van der Waals surface area (Å²) in [6.07, 6.45) is 7.91. The summed E-state index contributed by atoms with van der Waals surface area (Å²) >= 11 is 0. The molecule has 0 aliphatic carbocycles. The fourth-order valence-corrected chi connectivity index (χ4v) is 2.39. The molecule has 1 aromatic heterocycles. The van der Waals surface area contributed by atoms with Crippen molar-refractivity contribution in [3.8, 4) is 5.69 Å². The average Bonchev–Trinajstić information content (AvgIpc) is 3.01. The van der Waals surface area contributed by atoms with Crippen molar-refractivity contribution < 1.29 is 0 Å². The molecule has 0 aliphatic rings. The maximum atomic E-state index is 4.66. The molecule has 0 saturated heterocycles. The van der Waals surface area contributed by atoms with Crippen LogP contribution in [0.25, 0.3) is 5.69 Å². The van der Waals surface area contributed by atoms with Crippen LogP contribution < -0.4 is 5.32 Å². The molecule has 2 aromatic rings. The lowest BCUT2D eigenvalue weighted by atomic mass is 10.1. The van der Waals surface area contributed by atoms with E-state index in [0.717, 1.165) is 30.8 Å². The van der Waals surface area contributed by atoms with Crippen molar-refractivity contribution in [2.75, 3.05) is 6.54 Å². The van der Waals surface area contributed by atoms with E-state index in [9.17, 15) is 0 Å². The number of benzene rings is 1. The molecule has 114 valence electrons. The van der Waals surface area contributed by atoms with Crippen molar-refractivity contribution in [2.45, 2.75) is 52.0 Å². The molecule has 4 heteroatoms. The van der Waals surface area contributed by atoms with Gasteiger partial charge in [-0.2, -0.15) is 15.0 Å². The van der Waals surface area contributed by atoms with Crippen molar-refractivity contribution in [1.29, 1.82) is 0 Å². The van der Waals surface area contributed by atoms with Crippen molar-refractivity contribution >= 4 is 0 Å². The molecule has 0 saturated carbocycles. The second-order valence-electron chi connectivity index (χ2n) is 5.40. The fraction of sp³-hybridized carbons (Fsp3) is 0.529. The van der Waals surface area contributed by atoms with Gasteiger partial charge in [0, 0.05) is 0 Å². The molecule has 1 atom stereocenters. The summed E-state index contributed by atoms with van der Waals surface area (Å²) in [7, 11) is 0. The van der Waals surface area contributed by atoms with Gasteiger partial charge in [0.05, 0.1) is 17.9 Å². The Morgan fingerprint density at radius 1 is 1.10 bits per heavy atom. The van der Waals surface area contributed by atoms with Crippen molar-refractivity contribution in [1.82, 2.24) is 20.3 Å². The maximum absolute atomic E-state index is 4.66. The largest absolute Gasteiger partial charge is 0.309 e. The minimum Gasteiger partial charge on any atom is -0.309 e. The second-order valence-corrected chi connectivity index (χ2v) is 5.40. The summed E-state index contributed by atoms with van der Waals surface area (Å²) in [5.41, 5.74) is 2.05. The smallest absolute Gasteiger partial charge is 0.100 e. The SMILES string of the molecule is CCCCCC(NCCC)c1cnn(-c2ccccc2)n1. The van der Waals surface area contributed by atoms with Crippen LogP contribution in [0.1, 0.15) is 57.7 Å². The molecule has 2 rings (SSSR count). The Bertz CT molecular complexity index is 507. The van der Waals surface area contributed by atoms with Crippen LogP contribution in [0.5, 0.6) is 0 Å². The van der Waals surface area contributed by atoms with E-state index < -0.39 is 0 Å². The topological polar surface area (TPSA) is 42.7 Å². The van der Waals surface area contributed by atoms with Crippen LogP contribution >= 0.6 is 0 Å². The molecule has 4 nitrogen and oxygen atoms in total. The van der Waals surface area contributed by atoms with Crippen LogP contribution in [0.2, 0.25) is 0 Å². The van der Waals surface area contributed by atoms with Crippen molar-refractivity contribution in [2.24, 2.45) is 0 Å². The zero-order valence-electron chi connectivity index (χ0n) is 13.1. The number of hydrogen-bond acceptors (Lipinski definition) is 3. The number of aromatic nitrogens is 3. The van der Waals surface area contributed by atoms with Crippen LogP contribution in [-0.2, 0) is 0 Å². The molecule has 0 radical (unpaired) electrons. The van der Waals surface area contributed by atoms with Crippen LogP contribution in [0, 0.1) is 0 Å². The van der Waals surface area contributed by atoms with Crippen molar-refractivity contribution in [3.63, 3.8) is 0 Å². The Morgan fingerprint density at radius 2 is 1.90 bits per heavy atom. The third kappa shape index (κ3) is 4.67. The Kier molecular flexibility index (Phi) is 6.41. The zero-order chi connectivity index (χ0) is 14.9. The summed E-state index contributed by atoms with van der Waals surface area (Å²) in [5.74, 6) is 0. The normalized spacial score (nSPS) is 12.5. The first-order valence-electron chi connectivity index (χ1n) is 8.06. The molecule has 1 N–H and O–H groups in total. The number of unbranched alkanes of at least 4 members (excludes halogenated alkanes) is 2. The van der Waals surface area contributed by atoms with E-state index >= 15 is 0 Å². The summed E-state index contributed by atoms with van der Waals surface area (Å²) in [5, 5.41) is 12.7. The van der Waals surface area contributed by atoms with Gasteiger partial charge in [-0.3, -0.25) is 0 Å². The van der Waals surface area contributed by atoms with Crippen LogP contribution in [-0.4, -0.2) is 21.5 Å². The first-order chi connectivity index (χ1) is 10.3. The summed E-state index contributed by atoms with van der Waals surface area (Å²) in [6.45, 7) is 5.45. The van der Waals surface area contributed by atoms with Gasteiger partial charge in [0.1, 0.15) is 5.69 Å². The Labute approximate surface area is 127 Å². The van der Waals surface area contributed by atoms with Gasteiger partial charge in [0.25, 0.3) is 0 Å². The number of para-hydroxylation sites is 1. The van der Waals surface area contributed by atoms with E-state index in [1.165, 1.54) is 19.3 Å². The number of hydrogen-bond donors (Lipinski definition) is 1. The van der Waals surface area contributed by atoms with Crippen LogP contribution in [0.15, 0.2) is 36.5 Å². The molecular weight excluding hydrogens is 260 g/mol. The van der Waals surface area contributed by atoms with Gasteiger partial charge in [-0.25, -0.2) is 0 Å². The highest BCUT2D eigenvalue weighted by atomic mass is 15.5. The monoisotopic (exact) mass is 286 g/mol. The standard InChI is InChI=1S/C17H26N4/c1-3-5-7-12-16(18-13-4-2)17-14-19-21(20-17)15-10-8-6-9-11-15/h6,8-11,14,16,18H,3-5,7,12-13H2,1-2H3. The first kappa shape index (κ1) is 15.7. The lowest BCUT2D eigenvalue weighted by Crippen LogP contribution is -2.22. The lowest BCUT2D eigenvalue weighted by molar-refractivity contribution is 0.463. The van der Waals surface area contributed by atoms with Gasteiger partial charge in [-0.1, -0.05) is 51.3 Å². The third-order valence-electron chi connectivity index (χ3n) is 3.59. The van der Waals surface area contributed by atoms with Gasteiger partial charge >= 0.3 is 0 Å². The highest BCUT2D eigenvalue weighted by Gasteiger charge is 2.14. The van der Waals surface area contributed by atoms with E-state index in [1.54, 1.807) is 4.80 Å². The van der Waals surface area contributed by atoms with Gasteiger partial charge < -0.3 is 5.32 Å². The van der Waals surface area contributed by atoms with E-state index in [1.807, 2.05) is 36.5 Å². The molecule has 21 heavy (non-hydrogen) atoms. The second kappa shape index (κ2) is 8.57. The molecule has 1 heterocycles. The van der Waals surface area contributed by atoms with E-state index in [2.05, 4.69) is 29.4 Å². The van der Waals surface area contributed by atoms with E-state index in [0.29, 0.717) is 6.04 Å². The zero-order valence-corrected chi connectivity index (χ0v) is 13.1. The molecule has 0 spiro atoms. The molecule has 0 aliphatic heterocycles. The Hall–Kier alpha value is -1.68. The van der Waals surface area contributed by atoms with Gasteiger partial charge in [0.15, 0.2) is 0 Å². The number of nitrogens with one attached hydrogen (secondary N) is 1. The minimum absolute atomic E-state index is 0.314. The first-order valence-corrected chi connectivity index (χ1v) is 8.06. The minimum atomic E-state index is 0.314. The third-order valence-corrected chi connectivity index (χ3v) is 3.59. The molecule has 0 bridgehead atoms. The number of rotatable bonds is 9. The Balaban J connectivity index is 2.07. The quantitative estimate of drug-likeness (QED) is 0.711. The average molecular weight is 286 g/mol. The molecule has 1 unspecified atom stereocenters. The molecule has 0 amide bonds. The summed E-state index contributed by atoms with van der Waals surface area (Å²) < 4.78 is 0. The van der Waals surface area contributed by atoms with Crippen LogP contribution in [0.4, 0.5) is 0 Å². The predicted octanol–water partition coefficient (Wildman–Crippen LogP) is 3.89. The highest BCUT2D eigenvalue weighted by Crippen LogP contribution is 2.18. The van der Waals surface area contributed by atoms with E-state index in [4.69, 9.17) is 0 Å². The van der Waals surface area contributed by atoms with Gasteiger partial charge in [-0.15, -0.1) is 0 Å². The maximum Gasteiger partial charge on any atom is 0.100 e. The lowest BCUT2D eigenvalue weighted by Gasteiger charge is -2.15. The van der Waals surface area contributed by atoms with E-state index in [-0.39, 0.29) is 0 Å². The van der Waals surface area contributed by atoms with Crippen LogP contribution in [0.3, 0.4) is 0 Å². The van der Waals surface area contributed by atoms with Gasteiger partial charge in [0.2, 0.25) is 0 Å². The molecule has 1 aromatic carbocycles. The van der Waals surface area contributed by atoms with Crippen molar-refractivity contribution in [3.05, 3.63) is 42.2 Å². The summed E-state index contributed by atoms with van der Waals surface area (Å²) in [4.78, 5) is 1.72. The highest BCUT2D eigenvalue weighted by molar-refractivity contribution is 5.28. The summed E-state index contributed by atoms with van der Waals surface area (Å²) in [6, 6.07) is 10.4. The Morgan fingerprint density at radius 3 is 2.62 bits per heavy atom. The molecular formula is C17H26N4. The number of nitrogens with zero attached hydrogens (tertiary/aromatic N) is 3.